The Morgan fingerprint density at radius 3 is 1.92 bits per heavy atom. The molecule has 1 N–H and O–H groups in total. The number of nitrogens with zero attached hydrogens (tertiary/aromatic N) is 2. The van der Waals surface area contributed by atoms with Crippen LogP contribution in [0.3, 0.4) is 0 Å². The van der Waals surface area contributed by atoms with Crippen molar-refractivity contribution in [3.05, 3.63) is 120 Å². The fourth-order valence-corrected chi connectivity index (χ4v) is 7.55. The summed E-state index contributed by atoms with van der Waals surface area (Å²) in [6.07, 6.45) is 13.8. The Hall–Kier alpha value is -4.43. The van der Waals surface area contributed by atoms with Crippen LogP contribution in [0, 0.1) is 0 Å². The first-order valence-corrected chi connectivity index (χ1v) is 18.9. The van der Waals surface area contributed by atoms with Gasteiger partial charge in [-0.1, -0.05) is 93.1 Å². The second kappa shape index (κ2) is 13.0. The molecule has 11 heteroatoms. The van der Waals surface area contributed by atoms with E-state index in [9.17, 15) is 30.0 Å². The Morgan fingerprint density at radius 1 is 0.745 bits per heavy atom. The van der Waals surface area contributed by atoms with Crippen molar-refractivity contribution < 1.29 is 39.7 Å². The molecule has 0 amide bonds. The number of hydrogen-bond acceptors (Lipinski definition) is 2. The van der Waals surface area contributed by atoms with Gasteiger partial charge in [-0.05, 0) is 72.0 Å². The molecule has 0 saturated carbocycles. The van der Waals surface area contributed by atoms with Crippen LogP contribution in [0.15, 0.2) is 109 Å². The van der Waals surface area contributed by atoms with Crippen molar-refractivity contribution >= 4 is 52.4 Å². The van der Waals surface area contributed by atoms with E-state index in [-0.39, 0.29) is 17.3 Å². The molecular formula is C40H43F6N2O2P. The third-order valence-corrected chi connectivity index (χ3v) is 9.65. The summed E-state index contributed by atoms with van der Waals surface area (Å²) in [5.41, 5.74) is 7.57. The van der Waals surface area contributed by atoms with Gasteiger partial charge >= 0.3 is 39.0 Å². The molecule has 4 aromatic carbocycles. The molecule has 0 unspecified atom stereocenters. The molecule has 2 aliphatic rings. The molecule has 0 fully saturated rings. The number of carbonyl (C=O) groups is 1. The molecule has 2 heterocycles. The molecule has 0 spiro atoms. The van der Waals surface area contributed by atoms with Crippen LogP contribution in [0.1, 0.15) is 64.5 Å². The molecule has 0 aromatic heterocycles. The monoisotopic (exact) mass is 728 g/mol. The number of benzene rings is 4. The topological polar surface area (TPSA) is 43.5 Å². The first kappa shape index (κ1) is 37.8. The Balaban J connectivity index is 0.000000654. The third-order valence-electron chi connectivity index (χ3n) is 9.65. The van der Waals surface area contributed by atoms with Crippen molar-refractivity contribution in [3.63, 3.8) is 0 Å². The number of hydrogen-bond donors (Lipinski definition) is 1. The Kier molecular flexibility index (Phi) is 9.61. The predicted octanol–water partition coefficient (Wildman–Crippen LogP) is 12.8. The molecule has 0 saturated heterocycles. The zero-order valence-corrected chi connectivity index (χ0v) is 30.2. The Labute approximate surface area is 294 Å². The van der Waals surface area contributed by atoms with Crippen LogP contribution in [-0.4, -0.2) is 35.0 Å². The molecule has 0 radical (unpaired) electrons. The molecule has 4 aromatic rings. The Morgan fingerprint density at radius 2 is 1.31 bits per heavy atom. The minimum absolute atomic E-state index is 0.110. The van der Waals surface area contributed by atoms with Gasteiger partial charge in [-0.2, -0.15) is 4.58 Å². The fourth-order valence-electron chi connectivity index (χ4n) is 7.55. The molecular weight excluding hydrogens is 685 g/mol. The second-order valence-electron chi connectivity index (χ2n) is 14.2. The van der Waals surface area contributed by atoms with E-state index in [1.807, 2.05) is 0 Å². The maximum atomic E-state index is 11.0. The summed E-state index contributed by atoms with van der Waals surface area (Å²) in [5.74, 6) is -0.717. The van der Waals surface area contributed by atoms with Crippen molar-refractivity contribution in [2.24, 2.45) is 0 Å². The number of carboxylic acid groups (broad SMARTS) is 1. The average Bonchev–Trinajstić information content (AvgIpc) is 3.37. The summed E-state index contributed by atoms with van der Waals surface area (Å²) in [4.78, 5) is 13.5. The quantitative estimate of drug-likeness (QED) is 0.0613. The number of carboxylic acids is 1. The number of anilines is 1. The van der Waals surface area contributed by atoms with E-state index in [1.165, 1.54) is 55.5 Å². The van der Waals surface area contributed by atoms with E-state index in [0.717, 1.165) is 19.4 Å². The predicted molar refractivity (Wildman–Crippen MR) is 198 cm³/mol. The summed E-state index contributed by atoms with van der Waals surface area (Å²) in [7, 11) is -8.49. The van der Waals surface area contributed by atoms with E-state index in [4.69, 9.17) is 5.11 Å². The van der Waals surface area contributed by atoms with Crippen molar-refractivity contribution in [3.8, 4) is 0 Å². The SMILES string of the molecule is C[N+]1=C(C=CC=CC=C2N(CCCCCC(=O)O)c3ccc4ccccc4c3C2(C)C)C(C)(C)c2c1ccc1ccccc21.F[P-](F)(F)(F)(F)F. The van der Waals surface area contributed by atoms with Crippen LogP contribution in [0.25, 0.3) is 21.5 Å². The van der Waals surface area contributed by atoms with Crippen molar-refractivity contribution in [1.82, 2.24) is 0 Å². The van der Waals surface area contributed by atoms with E-state index in [1.54, 1.807) is 0 Å². The minimum atomic E-state index is -10.7. The maximum absolute atomic E-state index is 11.0. The number of rotatable bonds is 9. The van der Waals surface area contributed by atoms with Crippen LogP contribution in [0.5, 0.6) is 0 Å². The van der Waals surface area contributed by atoms with Gasteiger partial charge in [-0.3, -0.25) is 4.79 Å². The number of aliphatic carboxylic acids is 1. The van der Waals surface area contributed by atoms with Crippen LogP contribution >= 0.6 is 7.81 Å². The van der Waals surface area contributed by atoms with Crippen LogP contribution in [0.2, 0.25) is 0 Å². The van der Waals surface area contributed by atoms with Gasteiger partial charge in [-0.25, -0.2) is 0 Å². The third kappa shape index (κ3) is 8.73. The fraction of sp³-hybridized carbons (Fsp3) is 0.300. The summed E-state index contributed by atoms with van der Waals surface area (Å²) >= 11 is 0. The summed E-state index contributed by atoms with van der Waals surface area (Å²) < 4.78 is 61.5. The van der Waals surface area contributed by atoms with Crippen LogP contribution in [0.4, 0.5) is 36.6 Å². The number of fused-ring (bicyclic) bond motifs is 6. The zero-order valence-electron chi connectivity index (χ0n) is 29.3. The van der Waals surface area contributed by atoms with Gasteiger partial charge in [0.2, 0.25) is 5.69 Å². The first-order chi connectivity index (χ1) is 23.6. The summed E-state index contributed by atoms with van der Waals surface area (Å²) in [5, 5.41) is 14.2. The standard InChI is InChI=1S/C40H42N2O2.F6P/c1-39(2)34(41(5)32-25-23-28-16-11-13-18-30(28)37(32)39)20-8-6-9-21-35-40(3,4)38-31-19-14-12-17-29(31)24-26-33(38)42(35)27-15-7-10-22-36(43)44;1-7(2,3,4,5)6/h6,8-9,11-14,16-21,23-26H,7,10,15,22,27H2,1-5H3;/q;-1/p+1. The van der Waals surface area contributed by atoms with Gasteiger partial charge < -0.3 is 10.0 Å². The zero-order chi connectivity index (χ0) is 37.5. The van der Waals surface area contributed by atoms with E-state index >= 15 is 0 Å². The Bertz CT molecular complexity index is 2120. The van der Waals surface area contributed by atoms with Crippen molar-refractivity contribution in [1.29, 1.82) is 0 Å². The normalized spacial score (nSPS) is 18.6. The summed E-state index contributed by atoms with van der Waals surface area (Å²) in [6.45, 7) is 10.2. The van der Waals surface area contributed by atoms with Gasteiger partial charge in [0.05, 0.1) is 5.41 Å². The van der Waals surface area contributed by atoms with E-state index in [2.05, 4.69) is 147 Å². The summed E-state index contributed by atoms with van der Waals surface area (Å²) in [6, 6.07) is 26.3. The molecule has 51 heavy (non-hydrogen) atoms. The van der Waals surface area contributed by atoms with Gasteiger partial charge in [0.15, 0.2) is 5.71 Å². The van der Waals surface area contributed by atoms with Gasteiger partial charge in [0.1, 0.15) is 7.05 Å². The molecule has 0 aliphatic carbocycles. The van der Waals surface area contributed by atoms with Crippen molar-refractivity contribution in [2.45, 2.75) is 64.2 Å². The molecule has 0 bridgehead atoms. The molecule has 272 valence electrons. The van der Waals surface area contributed by atoms with Gasteiger partial charge in [0.25, 0.3) is 0 Å². The molecule has 2 aliphatic heterocycles. The molecule has 6 rings (SSSR count). The van der Waals surface area contributed by atoms with Gasteiger partial charge in [0, 0.05) is 47.5 Å². The van der Waals surface area contributed by atoms with Crippen LogP contribution in [-0.2, 0) is 15.6 Å². The average molecular weight is 729 g/mol. The first-order valence-electron chi connectivity index (χ1n) is 16.8. The number of unbranched alkanes of at least 4 members (excludes halogenated alkanes) is 2. The molecule has 0 atom stereocenters. The second-order valence-corrected chi connectivity index (χ2v) is 16.1. The van der Waals surface area contributed by atoms with E-state index in [0.29, 0.717) is 6.42 Å². The van der Waals surface area contributed by atoms with Crippen LogP contribution < -0.4 is 4.90 Å². The number of allylic oxidation sites excluding steroid dienone is 6. The molecule has 4 nitrogen and oxygen atoms in total. The number of halogens is 6. The van der Waals surface area contributed by atoms with Gasteiger partial charge in [-0.15, -0.1) is 0 Å². The van der Waals surface area contributed by atoms with Crippen molar-refractivity contribution in [2.75, 3.05) is 18.5 Å². The van der Waals surface area contributed by atoms with E-state index < -0.39 is 13.8 Å².